The van der Waals surface area contributed by atoms with E-state index < -0.39 is 30.6 Å². The van der Waals surface area contributed by atoms with Gasteiger partial charge in [-0.05, 0) is 61.8 Å². The molecule has 2 atom stereocenters. The maximum Gasteiger partial charge on any atom is 0.249 e. The quantitative estimate of drug-likeness (QED) is 0.743. The summed E-state index contributed by atoms with van der Waals surface area (Å²) < 4.78 is 40.9. The van der Waals surface area contributed by atoms with Gasteiger partial charge in [0.25, 0.3) is 0 Å². The highest BCUT2D eigenvalue weighted by Crippen LogP contribution is 2.47. The number of nitrogens with zero attached hydrogens (tertiary/aromatic N) is 1. The summed E-state index contributed by atoms with van der Waals surface area (Å²) in [6.07, 6.45) is 1.35. The number of likely N-dealkylation sites (tertiary alicyclic amines) is 1. The summed E-state index contributed by atoms with van der Waals surface area (Å²) in [7, 11) is 0. The Morgan fingerprint density at radius 2 is 1.68 bits per heavy atom. The number of ketones is 1. The van der Waals surface area contributed by atoms with Gasteiger partial charge in [-0.25, -0.2) is 13.2 Å². The Morgan fingerprint density at radius 1 is 1.07 bits per heavy atom. The first-order valence-corrected chi connectivity index (χ1v) is 10.2. The normalized spacial score (nSPS) is 30.4. The highest BCUT2D eigenvalue weighted by Gasteiger charge is 2.51. The van der Waals surface area contributed by atoms with Gasteiger partial charge in [0.15, 0.2) is 0 Å². The summed E-state index contributed by atoms with van der Waals surface area (Å²) >= 11 is 0. The molecule has 0 N–H and O–H groups in total. The van der Waals surface area contributed by atoms with Crippen molar-refractivity contribution in [1.29, 1.82) is 0 Å². The molecular weight excluding hydrogens is 367 g/mol. The summed E-state index contributed by atoms with van der Waals surface area (Å²) in [5.74, 6) is -4.42. The second kappa shape index (κ2) is 7.20. The minimum Gasteiger partial charge on any atom is -0.342 e. The molecule has 152 valence electrons. The van der Waals surface area contributed by atoms with Crippen molar-refractivity contribution in [3.05, 3.63) is 35.1 Å². The molecule has 2 unspecified atom stereocenters. The fraction of sp³-hybridized carbons (Fsp3) is 0.636. The lowest BCUT2D eigenvalue weighted by atomic mass is 9.65. The molecule has 0 aromatic heterocycles. The Kier molecular flexibility index (Phi) is 5.00. The van der Waals surface area contributed by atoms with E-state index in [0.29, 0.717) is 19.0 Å². The lowest BCUT2D eigenvalue weighted by Gasteiger charge is -2.42. The van der Waals surface area contributed by atoms with Crippen LogP contribution in [0.1, 0.15) is 55.6 Å². The fourth-order valence-electron chi connectivity index (χ4n) is 5.49. The molecule has 1 saturated heterocycles. The molecule has 0 spiro atoms. The van der Waals surface area contributed by atoms with Crippen molar-refractivity contribution in [3.63, 3.8) is 0 Å². The molecule has 3 fully saturated rings. The first kappa shape index (κ1) is 19.5. The van der Waals surface area contributed by atoms with E-state index >= 15 is 0 Å². The van der Waals surface area contributed by atoms with Gasteiger partial charge in [-0.1, -0.05) is 6.07 Å². The second-order valence-electron chi connectivity index (χ2n) is 8.83. The third-order valence-electron chi connectivity index (χ3n) is 6.86. The molecule has 28 heavy (non-hydrogen) atoms. The predicted octanol–water partition coefficient (Wildman–Crippen LogP) is 4.48. The molecule has 1 aliphatic heterocycles. The van der Waals surface area contributed by atoms with Crippen molar-refractivity contribution >= 4 is 11.7 Å². The van der Waals surface area contributed by atoms with Crippen LogP contribution in [0.5, 0.6) is 0 Å². The van der Waals surface area contributed by atoms with Crippen molar-refractivity contribution in [2.45, 2.75) is 57.3 Å². The molecule has 4 rings (SSSR count). The standard InChI is InChI=1S/C22H26F3NO2/c1-13-8-18(23)2-3-19(13)14-4-6-26(7-5-14)21(28)15-9-16-11-22(24,25)12-17(10-15)20(16)27/h2-3,8,14-17H,4-7,9-12H2,1H3. The number of halogens is 3. The number of carbonyl (C=O) groups excluding carboxylic acids is 2. The number of rotatable bonds is 2. The summed E-state index contributed by atoms with van der Waals surface area (Å²) in [4.78, 5) is 27.0. The van der Waals surface area contributed by atoms with Gasteiger partial charge in [0.05, 0.1) is 0 Å². The van der Waals surface area contributed by atoms with Crippen LogP contribution in [0.15, 0.2) is 18.2 Å². The molecule has 1 aromatic rings. The van der Waals surface area contributed by atoms with E-state index in [1.54, 1.807) is 6.07 Å². The molecular formula is C22H26F3NO2. The van der Waals surface area contributed by atoms with E-state index in [4.69, 9.17) is 0 Å². The van der Waals surface area contributed by atoms with Crippen molar-refractivity contribution in [1.82, 2.24) is 4.90 Å². The average molecular weight is 393 g/mol. The topological polar surface area (TPSA) is 37.4 Å². The Balaban J connectivity index is 1.38. The summed E-state index contributed by atoms with van der Waals surface area (Å²) in [5, 5.41) is 0. The van der Waals surface area contributed by atoms with Crippen molar-refractivity contribution < 1.29 is 22.8 Å². The Bertz CT molecular complexity index is 766. The van der Waals surface area contributed by atoms with Crippen LogP contribution in [-0.2, 0) is 9.59 Å². The van der Waals surface area contributed by atoms with E-state index in [1.807, 2.05) is 17.9 Å². The maximum absolute atomic E-state index is 13.8. The zero-order chi connectivity index (χ0) is 20.1. The van der Waals surface area contributed by atoms with Crippen molar-refractivity contribution in [2.75, 3.05) is 13.1 Å². The van der Waals surface area contributed by atoms with E-state index in [2.05, 4.69) is 0 Å². The number of amides is 1. The number of piperidine rings is 1. The summed E-state index contributed by atoms with van der Waals surface area (Å²) in [6.45, 7) is 3.15. The summed E-state index contributed by atoms with van der Waals surface area (Å²) in [6, 6.07) is 4.86. The van der Waals surface area contributed by atoms with Crippen LogP contribution in [0.4, 0.5) is 13.2 Å². The van der Waals surface area contributed by atoms with Gasteiger partial charge >= 0.3 is 0 Å². The van der Waals surface area contributed by atoms with Crippen LogP contribution in [0.3, 0.4) is 0 Å². The molecule has 2 saturated carbocycles. The van der Waals surface area contributed by atoms with E-state index in [9.17, 15) is 22.8 Å². The smallest absolute Gasteiger partial charge is 0.249 e. The van der Waals surface area contributed by atoms with Crippen LogP contribution in [-0.4, -0.2) is 35.6 Å². The molecule has 3 nitrogen and oxygen atoms in total. The van der Waals surface area contributed by atoms with Crippen molar-refractivity contribution in [2.24, 2.45) is 17.8 Å². The maximum atomic E-state index is 13.8. The minimum absolute atomic E-state index is 0.0157. The van der Waals surface area contributed by atoms with Crippen LogP contribution in [0, 0.1) is 30.5 Å². The van der Waals surface area contributed by atoms with Crippen LogP contribution in [0.2, 0.25) is 0 Å². The van der Waals surface area contributed by atoms with E-state index in [1.165, 1.54) is 6.07 Å². The van der Waals surface area contributed by atoms with Crippen LogP contribution in [0.25, 0.3) is 0 Å². The second-order valence-corrected chi connectivity index (χ2v) is 8.83. The zero-order valence-corrected chi connectivity index (χ0v) is 16.1. The number of Topliss-reactive ketones (excluding diaryl/α,β-unsaturated/α-hetero) is 1. The van der Waals surface area contributed by atoms with E-state index in [0.717, 1.165) is 24.0 Å². The lowest BCUT2D eigenvalue weighted by molar-refractivity contribution is -0.156. The SMILES string of the molecule is Cc1cc(F)ccc1C1CCN(C(=O)C2CC3CC(F)(F)CC(C2)C3=O)CC1. The number of benzene rings is 1. The molecule has 2 aliphatic carbocycles. The Morgan fingerprint density at radius 3 is 2.25 bits per heavy atom. The molecule has 1 heterocycles. The lowest BCUT2D eigenvalue weighted by Crippen LogP contribution is -2.49. The molecule has 6 heteroatoms. The van der Waals surface area contributed by atoms with Gasteiger partial charge < -0.3 is 4.90 Å². The molecule has 3 aliphatic rings. The van der Waals surface area contributed by atoms with Gasteiger partial charge in [-0.3, -0.25) is 9.59 Å². The van der Waals surface area contributed by atoms with Gasteiger partial charge in [0.1, 0.15) is 11.6 Å². The Labute approximate surface area is 163 Å². The molecule has 1 amide bonds. The highest BCUT2D eigenvalue weighted by molar-refractivity contribution is 5.88. The first-order chi connectivity index (χ1) is 13.2. The van der Waals surface area contributed by atoms with Gasteiger partial charge in [-0.2, -0.15) is 0 Å². The number of carbonyl (C=O) groups is 2. The van der Waals surface area contributed by atoms with Gasteiger partial charge in [0.2, 0.25) is 11.8 Å². The summed E-state index contributed by atoms with van der Waals surface area (Å²) in [5.41, 5.74) is 2.07. The number of alkyl halides is 2. The molecule has 0 radical (unpaired) electrons. The first-order valence-electron chi connectivity index (χ1n) is 10.2. The average Bonchev–Trinajstić information content (AvgIpc) is 2.62. The predicted molar refractivity (Wildman–Crippen MR) is 98.6 cm³/mol. The number of aryl methyl sites for hydroxylation is 1. The zero-order valence-electron chi connectivity index (χ0n) is 16.1. The number of fused-ring (bicyclic) bond motifs is 2. The molecule has 1 aromatic carbocycles. The highest BCUT2D eigenvalue weighted by atomic mass is 19.3. The third kappa shape index (κ3) is 3.70. The number of hydrogen-bond donors (Lipinski definition) is 0. The monoisotopic (exact) mass is 393 g/mol. The minimum atomic E-state index is -2.78. The molecule has 2 bridgehead atoms. The van der Waals surface area contributed by atoms with Gasteiger partial charge in [-0.15, -0.1) is 0 Å². The largest absolute Gasteiger partial charge is 0.342 e. The third-order valence-corrected chi connectivity index (χ3v) is 6.86. The van der Waals surface area contributed by atoms with Crippen LogP contribution < -0.4 is 0 Å². The number of hydrogen-bond acceptors (Lipinski definition) is 2. The van der Waals surface area contributed by atoms with Gasteiger partial charge in [0, 0.05) is 43.7 Å². The van der Waals surface area contributed by atoms with Crippen LogP contribution >= 0.6 is 0 Å². The van der Waals surface area contributed by atoms with Crippen molar-refractivity contribution in [3.8, 4) is 0 Å². The fourth-order valence-corrected chi connectivity index (χ4v) is 5.49. The Hall–Kier alpha value is -1.85. The van der Waals surface area contributed by atoms with E-state index in [-0.39, 0.29) is 36.3 Å².